The first kappa shape index (κ1) is 20.7. The average Bonchev–Trinajstić information content (AvgIpc) is 2.65. The average molecular weight is 375 g/mol. The number of esters is 1. The number of carbonyl (C=O) groups excluding carboxylic acids is 1. The number of benzene rings is 2. The highest BCUT2D eigenvalue weighted by Crippen LogP contribution is 2.26. The molecule has 0 radical (unpaired) electrons. The Morgan fingerprint density at radius 1 is 1.15 bits per heavy atom. The third-order valence-corrected chi connectivity index (χ3v) is 4.37. The maximum Gasteiger partial charge on any atom is 0.343 e. The van der Waals surface area contributed by atoms with Crippen LogP contribution in [0.4, 0.5) is 4.39 Å². The van der Waals surface area contributed by atoms with Crippen LogP contribution in [0, 0.1) is 19.7 Å². The Morgan fingerprint density at radius 2 is 1.81 bits per heavy atom. The number of carbonyl (C=O) groups is 1. The second-order valence-electron chi connectivity index (χ2n) is 6.42. The Morgan fingerprint density at radius 3 is 2.37 bits per heavy atom. The van der Waals surface area contributed by atoms with Crippen molar-refractivity contribution in [2.75, 3.05) is 20.8 Å². The Kier molecular flexibility index (Phi) is 7.19. The van der Waals surface area contributed by atoms with Gasteiger partial charge in [-0.25, -0.2) is 9.18 Å². The zero-order valence-electron chi connectivity index (χ0n) is 16.4. The summed E-state index contributed by atoms with van der Waals surface area (Å²) < 4.78 is 29.0. The molecule has 0 heterocycles. The van der Waals surface area contributed by atoms with Crippen molar-refractivity contribution >= 4 is 5.97 Å². The van der Waals surface area contributed by atoms with Gasteiger partial charge in [0.1, 0.15) is 5.75 Å². The number of hydrogen-bond donors (Lipinski definition) is 1. The standard InChI is InChI=1S/C21H26FNO4/c1-13-8-16(9-14(2)21(13)27-12-20(24)26-5)11-23-15(3)17-6-7-19(25-4)18(22)10-17/h6-10,15,23H,11-12H2,1-5H3. The van der Waals surface area contributed by atoms with Crippen molar-refractivity contribution in [3.63, 3.8) is 0 Å². The monoisotopic (exact) mass is 375 g/mol. The predicted octanol–water partition coefficient (Wildman–Crippen LogP) is 3.85. The highest BCUT2D eigenvalue weighted by molar-refractivity contribution is 5.71. The Labute approximate surface area is 159 Å². The van der Waals surface area contributed by atoms with Gasteiger partial charge in [-0.2, -0.15) is 0 Å². The Bertz CT molecular complexity index is 784. The molecular formula is C21H26FNO4. The van der Waals surface area contributed by atoms with Gasteiger partial charge >= 0.3 is 5.97 Å². The van der Waals surface area contributed by atoms with E-state index in [2.05, 4.69) is 10.1 Å². The van der Waals surface area contributed by atoms with Crippen LogP contribution in [0.15, 0.2) is 30.3 Å². The first-order chi connectivity index (χ1) is 12.8. The molecule has 2 rings (SSSR count). The Hall–Kier alpha value is -2.60. The van der Waals surface area contributed by atoms with Crippen molar-refractivity contribution in [1.29, 1.82) is 0 Å². The number of hydrogen-bond acceptors (Lipinski definition) is 5. The van der Waals surface area contributed by atoms with Crippen LogP contribution in [0.1, 0.15) is 35.2 Å². The van der Waals surface area contributed by atoms with Crippen LogP contribution in [0.5, 0.6) is 11.5 Å². The molecule has 2 aromatic rings. The molecule has 5 nitrogen and oxygen atoms in total. The van der Waals surface area contributed by atoms with Gasteiger partial charge in [0.15, 0.2) is 18.2 Å². The van der Waals surface area contributed by atoms with Gasteiger partial charge in [-0.15, -0.1) is 0 Å². The highest BCUT2D eigenvalue weighted by Gasteiger charge is 2.12. The molecule has 27 heavy (non-hydrogen) atoms. The number of ether oxygens (including phenoxy) is 3. The van der Waals surface area contributed by atoms with Gasteiger partial charge in [-0.1, -0.05) is 18.2 Å². The number of nitrogens with one attached hydrogen (secondary N) is 1. The lowest BCUT2D eigenvalue weighted by Crippen LogP contribution is -2.19. The first-order valence-electron chi connectivity index (χ1n) is 8.72. The SMILES string of the molecule is COC(=O)COc1c(C)cc(CNC(C)c2ccc(OC)c(F)c2)cc1C. The largest absolute Gasteiger partial charge is 0.494 e. The fourth-order valence-corrected chi connectivity index (χ4v) is 2.90. The van der Waals surface area contributed by atoms with E-state index in [0.29, 0.717) is 12.3 Å². The first-order valence-corrected chi connectivity index (χ1v) is 8.72. The van der Waals surface area contributed by atoms with E-state index in [-0.39, 0.29) is 24.2 Å². The zero-order valence-corrected chi connectivity index (χ0v) is 16.4. The quantitative estimate of drug-likeness (QED) is 0.710. The summed E-state index contributed by atoms with van der Waals surface area (Å²) in [7, 11) is 2.78. The maximum atomic E-state index is 13.9. The molecular weight excluding hydrogens is 349 g/mol. The molecule has 0 saturated heterocycles. The molecule has 0 saturated carbocycles. The lowest BCUT2D eigenvalue weighted by molar-refractivity contribution is -0.142. The van der Waals surface area contributed by atoms with Crippen LogP contribution >= 0.6 is 0 Å². The van der Waals surface area contributed by atoms with Crippen LogP contribution in [0.3, 0.4) is 0 Å². The minimum atomic E-state index is -0.417. The van der Waals surface area contributed by atoms with E-state index in [0.717, 1.165) is 22.3 Å². The summed E-state index contributed by atoms with van der Waals surface area (Å²) in [5.41, 5.74) is 3.81. The van der Waals surface area contributed by atoms with Crippen molar-refractivity contribution in [2.24, 2.45) is 0 Å². The van der Waals surface area contributed by atoms with Crippen LogP contribution in [0.25, 0.3) is 0 Å². The smallest absolute Gasteiger partial charge is 0.343 e. The molecule has 0 spiro atoms. The van der Waals surface area contributed by atoms with Gasteiger partial charge in [0, 0.05) is 12.6 Å². The van der Waals surface area contributed by atoms with Crippen LogP contribution in [0.2, 0.25) is 0 Å². The fourth-order valence-electron chi connectivity index (χ4n) is 2.90. The van der Waals surface area contributed by atoms with E-state index in [1.807, 2.05) is 39.0 Å². The van der Waals surface area contributed by atoms with E-state index in [9.17, 15) is 9.18 Å². The molecule has 1 unspecified atom stereocenters. The van der Waals surface area contributed by atoms with Crippen LogP contribution in [-0.4, -0.2) is 26.8 Å². The van der Waals surface area contributed by atoms with Gasteiger partial charge in [-0.05, 0) is 55.2 Å². The summed E-state index contributed by atoms with van der Waals surface area (Å²) in [6, 6.07) is 8.95. The zero-order chi connectivity index (χ0) is 20.0. The van der Waals surface area contributed by atoms with Gasteiger partial charge in [0.2, 0.25) is 0 Å². The molecule has 0 aromatic heterocycles. The molecule has 6 heteroatoms. The number of halogens is 1. The molecule has 1 N–H and O–H groups in total. The summed E-state index contributed by atoms with van der Waals surface area (Å²) in [4.78, 5) is 11.3. The summed E-state index contributed by atoms with van der Waals surface area (Å²) in [5, 5.41) is 3.39. The minimum absolute atomic E-state index is 0.0266. The van der Waals surface area contributed by atoms with Crippen molar-refractivity contribution in [1.82, 2.24) is 5.32 Å². The third-order valence-electron chi connectivity index (χ3n) is 4.37. The molecule has 0 fully saturated rings. The second-order valence-corrected chi connectivity index (χ2v) is 6.42. The van der Waals surface area contributed by atoms with E-state index in [1.54, 1.807) is 6.07 Å². The fraction of sp³-hybridized carbons (Fsp3) is 0.381. The normalized spacial score (nSPS) is 11.8. The molecule has 0 amide bonds. The van der Waals surface area contributed by atoms with Crippen molar-refractivity contribution in [2.45, 2.75) is 33.4 Å². The summed E-state index contributed by atoms with van der Waals surface area (Å²) in [6.45, 7) is 6.36. The summed E-state index contributed by atoms with van der Waals surface area (Å²) in [5.74, 6) is 0.136. The summed E-state index contributed by atoms with van der Waals surface area (Å²) >= 11 is 0. The minimum Gasteiger partial charge on any atom is -0.494 e. The third kappa shape index (κ3) is 5.44. The number of rotatable bonds is 8. The van der Waals surface area contributed by atoms with E-state index in [4.69, 9.17) is 9.47 Å². The lowest BCUT2D eigenvalue weighted by Gasteiger charge is -2.17. The van der Waals surface area contributed by atoms with Gasteiger partial charge < -0.3 is 19.5 Å². The highest BCUT2D eigenvalue weighted by atomic mass is 19.1. The van der Waals surface area contributed by atoms with Crippen molar-refractivity contribution < 1.29 is 23.4 Å². The molecule has 2 aromatic carbocycles. The molecule has 0 bridgehead atoms. The Balaban J connectivity index is 2.03. The molecule has 0 aliphatic heterocycles. The molecule has 1 atom stereocenters. The molecule has 0 aliphatic carbocycles. The van der Waals surface area contributed by atoms with Crippen molar-refractivity contribution in [3.8, 4) is 11.5 Å². The van der Waals surface area contributed by atoms with E-state index < -0.39 is 5.97 Å². The van der Waals surface area contributed by atoms with E-state index >= 15 is 0 Å². The van der Waals surface area contributed by atoms with Gasteiger partial charge in [0.05, 0.1) is 14.2 Å². The molecule has 146 valence electrons. The van der Waals surface area contributed by atoms with Gasteiger partial charge in [-0.3, -0.25) is 0 Å². The van der Waals surface area contributed by atoms with Crippen LogP contribution < -0.4 is 14.8 Å². The lowest BCUT2D eigenvalue weighted by atomic mass is 10.0. The van der Waals surface area contributed by atoms with Crippen LogP contribution in [-0.2, 0) is 16.1 Å². The van der Waals surface area contributed by atoms with Gasteiger partial charge in [0.25, 0.3) is 0 Å². The number of methoxy groups -OCH3 is 2. The second kappa shape index (κ2) is 9.37. The van der Waals surface area contributed by atoms with E-state index in [1.165, 1.54) is 20.3 Å². The van der Waals surface area contributed by atoms with Crippen molar-refractivity contribution in [3.05, 3.63) is 58.4 Å². The number of aryl methyl sites for hydroxylation is 2. The topological polar surface area (TPSA) is 56.8 Å². The maximum absolute atomic E-state index is 13.9. The molecule has 0 aliphatic rings. The summed E-state index contributed by atoms with van der Waals surface area (Å²) in [6.07, 6.45) is 0. The predicted molar refractivity (Wildman–Crippen MR) is 102 cm³/mol.